The fraction of sp³-hybridized carbons (Fsp3) is 0.316. The second kappa shape index (κ2) is 7.46. The Morgan fingerprint density at radius 1 is 0.917 bits per heavy atom. The summed E-state index contributed by atoms with van der Waals surface area (Å²) in [5, 5.41) is 1.42. The van der Waals surface area contributed by atoms with Gasteiger partial charge in [0.15, 0.2) is 7.83 Å². The molecule has 0 aliphatic heterocycles. The van der Waals surface area contributed by atoms with Crippen LogP contribution in [-0.2, 0) is 15.8 Å². The molecule has 128 valence electrons. The van der Waals surface area contributed by atoms with Crippen LogP contribution >= 0.6 is 0 Å². The maximum absolute atomic E-state index is 11.9. The smallest absolute Gasteiger partial charge is 0.338 e. The van der Waals surface area contributed by atoms with Crippen molar-refractivity contribution >= 4 is 26.6 Å². The van der Waals surface area contributed by atoms with Crippen LogP contribution in [0.1, 0.15) is 15.9 Å². The fourth-order valence-corrected chi connectivity index (χ4v) is 9.08. The van der Waals surface area contributed by atoms with E-state index in [1.54, 1.807) is 6.07 Å². The van der Waals surface area contributed by atoms with Crippen molar-refractivity contribution in [1.29, 1.82) is 0 Å². The van der Waals surface area contributed by atoms with Crippen LogP contribution in [-0.4, -0.2) is 28.5 Å². The van der Waals surface area contributed by atoms with Gasteiger partial charge in [-0.2, -0.15) is 0 Å². The van der Waals surface area contributed by atoms with Crippen molar-refractivity contribution < 1.29 is 14.0 Å². The molecule has 0 atom stereocenters. The number of carbonyl (C=O) groups excluding carboxylic acids is 1. The van der Waals surface area contributed by atoms with E-state index in [1.165, 1.54) is 12.3 Å². The van der Waals surface area contributed by atoms with Gasteiger partial charge in [0.25, 0.3) is 0 Å². The molecule has 0 fully saturated rings. The predicted molar refractivity (Wildman–Crippen MR) is 104 cm³/mol. The Kier molecular flexibility index (Phi) is 5.80. The third-order valence-corrected chi connectivity index (χ3v) is 21.0. The molecule has 0 spiro atoms. The number of benzene rings is 2. The Bertz CT molecular complexity index is 697. The minimum atomic E-state index is -1.94. The van der Waals surface area contributed by atoms with Crippen LogP contribution in [0.15, 0.2) is 54.6 Å². The van der Waals surface area contributed by atoms with Crippen molar-refractivity contribution in [3.63, 3.8) is 0 Å². The fourth-order valence-electron chi connectivity index (χ4n) is 2.60. The van der Waals surface area contributed by atoms with E-state index < -0.39 is 15.4 Å². The highest BCUT2D eigenvalue weighted by Gasteiger charge is 2.44. The maximum Gasteiger partial charge on any atom is 0.338 e. The summed E-state index contributed by atoms with van der Waals surface area (Å²) in [6.07, 6.45) is 0. The van der Waals surface area contributed by atoms with Crippen LogP contribution in [0.3, 0.4) is 0 Å². The largest absolute Gasteiger partial charge is 0.465 e. The lowest BCUT2D eigenvalue weighted by Gasteiger charge is -2.38. The molecule has 5 heteroatoms. The molecule has 0 heterocycles. The number of ether oxygens (including phenoxy) is 1. The van der Waals surface area contributed by atoms with Crippen molar-refractivity contribution in [1.82, 2.24) is 0 Å². The minimum absolute atomic E-state index is 0.312. The number of hydrogen-bond donors (Lipinski definition) is 0. The SMILES string of the molecule is COC(=O)c1ccccc1CO[Si](C)(C)[Si](C)(C)c1ccccc1. The molecule has 0 radical (unpaired) electrons. The standard InChI is InChI=1S/C19H26O3Si2/c1-21-19(20)18-14-10-9-11-16(18)15-22-24(4,5)23(2,3)17-12-7-6-8-13-17/h6-14H,15H2,1-5H3. The van der Waals surface area contributed by atoms with E-state index in [2.05, 4.69) is 56.5 Å². The Labute approximate surface area is 146 Å². The maximum atomic E-state index is 11.9. The van der Waals surface area contributed by atoms with Crippen LogP contribution in [0.4, 0.5) is 0 Å². The number of rotatable bonds is 6. The van der Waals surface area contributed by atoms with E-state index in [9.17, 15) is 4.79 Å². The van der Waals surface area contributed by atoms with Crippen molar-refractivity contribution in [2.24, 2.45) is 0 Å². The van der Waals surface area contributed by atoms with Gasteiger partial charge in [0.2, 0.25) is 0 Å². The zero-order chi connectivity index (χ0) is 17.8. The Hall–Kier alpha value is -1.70. The molecule has 0 amide bonds. The number of methoxy groups -OCH3 is 1. The first-order chi connectivity index (χ1) is 11.3. The molecule has 0 aliphatic rings. The topological polar surface area (TPSA) is 35.5 Å². The van der Waals surface area contributed by atoms with E-state index >= 15 is 0 Å². The molecule has 3 nitrogen and oxygen atoms in total. The van der Waals surface area contributed by atoms with E-state index in [-0.39, 0.29) is 5.97 Å². The lowest BCUT2D eigenvalue weighted by molar-refractivity contribution is 0.0597. The summed E-state index contributed by atoms with van der Waals surface area (Å²) in [7, 11) is -2.24. The number of hydrogen-bond acceptors (Lipinski definition) is 3. The molecule has 0 N–H and O–H groups in total. The van der Waals surface area contributed by atoms with Gasteiger partial charge >= 0.3 is 5.97 Å². The highest BCUT2D eigenvalue weighted by atomic mass is 29.3. The molecule has 0 saturated carbocycles. The second-order valence-corrected chi connectivity index (χ2v) is 21.4. The van der Waals surface area contributed by atoms with Crippen molar-refractivity contribution in [2.75, 3.05) is 7.11 Å². The average molecular weight is 359 g/mol. The van der Waals surface area contributed by atoms with Gasteiger partial charge in [0.1, 0.15) is 7.59 Å². The first-order valence-corrected chi connectivity index (χ1v) is 15.1. The van der Waals surface area contributed by atoms with Crippen LogP contribution in [0.5, 0.6) is 0 Å². The molecular formula is C19H26O3Si2. The van der Waals surface area contributed by atoms with Gasteiger partial charge in [-0.3, -0.25) is 0 Å². The first kappa shape index (κ1) is 18.6. The Balaban J connectivity index is 2.21. The Morgan fingerprint density at radius 2 is 1.50 bits per heavy atom. The molecule has 0 saturated heterocycles. The lowest BCUT2D eigenvalue weighted by Crippen LogP contribution is -2.64. The first-order valence-electron chi connectivity index (χ1n) is 8.15. The average Bonchev–Trinajstić information content (AvgIpc) is 2.60. The Morgan fingerprint density at radius 3 is 2.12 bits per heavy atom. The van der Waals surface area contributed by atoms with Gasteiger partial charge in [0, 0.05) is 0 Å². The quantitative estimate of drug-likeness (QED) is 0.580. The number of esters is 1. The molecule has 0 unspecified atom stereocenters. The third-order valence-electron chi connectivity index (χ3n) is 5.01. The van der Waals surface area contributed by atoms with E-state index in [0.717, 1.165) is 5.56 Å². The molecule has 2 aromatic carbocycles. The van der Waals surface area contributed by atoms with E-state index in [1.807, 2.05) is 18.2 Å². The molecule has 24 heavy (non-hydrogen) atoms. The summed E-state index contributed by atoms with van der Waals surface area (Å²) in [5.41, 5.74) is 1.48. The van der Waals surface area contributed by atoms with Gasteiger partial charge in [-0.25, -0.2) is 4.79 Å². The molecular weight excluding hydrogens is 332 g/mol. The lowest BCUT2D eigenvalue weighted by atomic mass is 10.1. The zero-order valence-corrected chi connectivity index (χ0v) is 17.1. The van der Waals surface area contributed by atoms with Gasteiger partial charge in [-0.05, 0) is 24.7 Å². The predicted octanol–water partition coefficient (Wildman–Crippen LogP) is 3.89. The van der Waals surface area contributed by atoms with E-state index in [4.69, 9.17) is 9.16 Å². The number of carbonyl (C=O) groups is 1. The van der Waals surface area contributed by atoms with Crippen molar-refractivity contribution in [2.45, 2.75) is 32.8 Å². The van der Waals surface area contributed by atoms with Gasteiger partial charge in [-0.1, -0.05) is 66.8 Å². The highest BCUT2D eigenvalue weighted by molar-refractivity contribution is 7.43. The molecule has 0 bridgehead atoms. The highest BCUT2D eigenvalue weighted by Crippen LogP contribution is 2.23. The van der Waals surface area contributed by atoms with Crippen LogP contribution in [0.25, 0.3) is 0 Å². The van der Waals surface area contributed by atoms with Crippen molar-refractivity contribution in [3.05, 3.63) is 65.7 Å². The third kappa shape index (κ3) is 3.85. The summed E-state index contributed by atoms with van der Waals surface area (Å²) < 4.78 is 11.3. The summed E-state index contributed by atoms with van der Waals surface area (Å²) in [6.45, 7) is 9.77. The van der Waals surface area contributed by atoms with Crippen LogP contribution < -0.4 is 5.19 Å². The summed E-state index contributed by atoms with van der Waals surface area (Å²) in [4.78, 5) is 11.9. The summed E-state index contributed by atoms with van der Waals surface area (Å²) in [6, 6.07) is 18.2. The molecule has 0 aromatic heterocycles. The van der Waals surface area contributed by atoms with Crippen LogP contribution in [0.2, 0.25) is 26.2 Å². The van der Waals surface area contributed by atoms with Gasteiger partial charge in [0.05, 0.1) is 19.3 Å². The zero-order valence-electron chi connectivity index (χ0n) is 15.1. The molecule has 2 rings (SSSR count). The normalized spacial score (nSPS) is 12.0. The summed E-state index contributed by atoms with van der Waals surface area (Å²) in [5.74, 6) is -0.312. The van der Waals surface area contributed by atoms with Crippen molar-refractivity contribution in [3.8, 4) is 0 Å². The van der Waals surface area contributed by atoms with Gasteiger partial charge in [-0.15, -0.1) is 0 Å². The molecule has 2 aromatic rings. The van der Waals surface area contributed by atoms with Crippen LogP contribution in [0, 0.1) is 0 Å². The van der Waals surface area contributed by atoms with Gasteiger partial charge < -0.3 is 9.16 Å². The summed E-state index contributed by atoms with van der Waals surface area (Å²) >= 11 is 0. The second-order valence-electron chi connectivity index (χ2n) is 6.94. The van der Waals surface area contributed by atoms with E-state index in [0.29, 0.717) is 12.2 Å². The molecule has 0 aliphatic carbocycles. The minimum Gasteiger partial charge on any atom is -0.465 e. The monoisotopic (exact) mass is 358 g/mol.